The summed E-state index contributed by atoms with van der Waals surface area (Å²) in [5, 5.41) is 24.4. The number of nitrogens with one attached hydrogen (secondary N) is 1. The molecule has 1 aromatic rings. The lowest BCUT2D eigenvalue weighted by Gasteiger charge is -2.60. The lowest BCUT2D eigenvalue weighted by molar-refractivity contribution is -0.142. The number of aliphatic carboxylic acids is 1. The molecule has 6 rings (SSSR count). The molecule has 7 atom stereocenters. The molecule has 0 amide bonds. The van der Waals surface area contributed by atoms with Crippen molar-refractivity contribution in [3.05, 3.63) is 17.2 Å². The van der Waals surface area contributed by atoms with Crippen LogP contribution in [0.1, 0.15) is 63.5 Å². The number of rotatable bonds is 8. The summed E-state index contributed by atoms with van der Waals surface area (Å²) in [4.78, 5) is 14.9. The number of piperidine rings is 1. The van der Waals surface area contributed by atoms with Crippen LogP contribution >= 0.6 is 0 Å². The third kappa shape index (κ3) is 3.12. The first-order valence-corrected chi connectivity index (χ1v) is 13.2. The zero-order valence-corrected chi connectivity index (χ0v) is 20.5. The minimum absolute atomic E-state index is 0.0278. The molecule has 7 heteroatoms. The Balaban J connectivity index is 1.43. The Morgan fingerprint density at radius 3 is 2.82 bits per heavy atom. The summed E-state index contributed by atoms with van der Waals surface area (Å²) < 4.78 is 12.4. The van der Waals surface area contributed by atoms with Gasteiger partial charge in [0, 0.05) is 41.2 Å². The molecule has 5 aliphatic rings. The molecule has 7 nitrogen and oxygen atoms in total. The van der Waals surface area contributed by atoms with Crippen molar-refractivity contribution in [3.8, 4) is 17.2 Å². The van der Waals surface area contributed by atoms with E-state index in [1.807, 2.05) is 13.8 Å². The maximum absolute atomic E-state index is 12.1. The van der Waals surface area contributed by atoms with Gasteiger partial charge in [0.25, 0.3) is 0 Å². The van der Waals surface area contributed by atoms with Crippen molar-refractivity contribution in [2.45, 2.75) is 88.4 Å². The number of hydrogen-bond donors (Lipinski definition) is 3. The third-order valence-electron chi connectivity index (χ3n) is 9.80. The lowest BCUT2D eigenvalue weighted by Crippen LogP contribution is -2.69. The van der Waals surface area contributed by atoms with E-state index in [-0.39, 0.29) is 29.2 Å². The van der Waals surface area contributed by atoms with Gasteiger partial charge >= 0.3 is 5.97 Å². The van der Waals surface area contributed by atoms with Gasteiger partial charge in [-0.3, -0.25) is 15.0 Å². The Kier molecular flexibility index (Phi) is 5.30. The van der Waals surface area contributed by atoms with E-state index in [1.165, 1.54) is 24.9 Å². The van der Waals surface area contributed by atoms with Crippen molar-refractivity contribution < 1.29 is 24.5 Å². The Bertz CT molecular complexity index is 994. The molecule has 186 valence electrons. The molecule has 2 bridgehead atoms. The SMILES string of the molecule is CC[C@H](C)[C@H](N[C@@H]1CC[C@H]2[C@H]3Cc4c(OC)cc(O)c5c4[C@@]2(CCN3CC2CC2)[C@H]1O5)C(=O)O. The third-order valence-corrected chi connectivity index (χ3v) is 9.80. The Morgan fingerprint density at radius 1 is 1.35 bits per heavy atom. The first kappa shape index (κ1) is 22.5. The normalized spacial score (nSPS) is 35.3. The second-order valence-electron chi connectivity index (χ2n) is 11.5. The summed E-state index contributed by atoms with van der Waals surface area (Å²) >= 11 is 0. The number of carboxylic acid groups (broad SMARTS) is 1. The number of carbonyl (C=O) groups is 1. The van der Waals surface area contributed by atoms with E-state index < -0.39 is 12.0 Å². The van der Waals surface area contributed by atoms with E-state index >= 15 is 0 Å². The van der Waals surface area contributed by atoms with Gasteiger partial charge in [0.15, 0.2) is 11.5 Å². The summed E-state index contributed by atoms with van der Waals surface area (Å²) in [5.41, 5.74) is 2.15. The number of likely N-dealkylation sites (tertiary alicyclic amines) is 1. The highest BCUT2D eigenvalue weighted by atomic mass is 16.5. The molecule has 1 saturated heterocycles. The zero-order chi connectivity index (χ0) is 23.8. The standard InChI is InChI=1S/C27H38N2O5/c1-4-14(2)23(26(31)32)28-18-8-7-17-19-11-16-21(33-3)12-20(30)24-22(16)27(17,25(18)34-24)9-10-29(19)13-15-5-6-15/h12,14-15,17-19,23,25,28,30H,4-11,13H2,1-3H3,(H,31,32)/t14-,17-,18+,19+,23-,25-,27-/m0/s1. The zero-order valence-electron chi connectivity index (χ0n) is 20.5. The molecule has 1 aromatic carbocycles. The van der Waals surface area contributed by atoms with Gasteiger partial charge in [-0.2, -0.15) is 0 Å². The number of benzene rings is 1. The van der Waals surface area contributed by atoms with Crippen LogP contribution < -0.4 is 14.8 Å². The van der Waals surface area contributed by atoms with Crippen LogP contribution in [-0.2, 0) is 16.6 Å². The molecule has 2 heterocycles. The van der Waals surface area contributed by atoms with Crippen LogP contribution in [-0.4, -0.2) is 65.5 Å². The van der Waals surface area contributed by atoms with Gasteiger partial charge in [-0.15, -0.1) is 0 Å². The van der Waals surface area contributed by atoms with Crippen LogP contribution in [0.3, 0.4) is 0 Å². The number of phenolic OH excluding ortho intramolecular Hbond substituents is 1. The number of ether oxygens (including phenoxy) is 2. The number of phenols is 1. The van der Waals surface area contributed by atoms with Crippen molar-refractivity contribution in [2.24, 2.45) is 17.8 Å². The molecule has 0 aromatic heterocycles. The van der Waals surface area contributed by atoms with E-state index in [9.17, 15) is 15.0 Å². The van der Waals surface area contributed by atoms with Crippen LogP contribution in [0.15, 0.2) is 6.07 Å². The summed E-state index contributed by atoms with van der Waals surface area (Å²) in [6, 6.07) is 1.49. The van der Waals surface area contributed by atoms with Gasteiger partial charge in [0.05, 0.1) is 7.11 Å². The first-order chi connectivity index (χ1) is 16.4. The van der Waals surface area contributed by atoms with Crippen LogP contribution in [0, 0.1) is 17.8 Å². The maximum Gasteiger partial charge on any atom is 0.320 e. The highest BCUT2D eigenvalue weighted by Gasteiger charge is 2.66. The average Bonchev–Trinajstić information content (AvgIpc) is 3.57. The minimum atomic E-state index is -0.796. The molecule has 2 aliphatic heterocycles. The second-order valence-corrected chi connectivity index (χ2v) is 11.5. The van der Waals surface area contributed by atoms with Crippen LogP contribution in [0.2, 0.25) is 0 Å². The van der Waals surface area contributed by atoms with Gasteiger partial charge < -0.3 is 19.7 Å². The number of aromatic hydroxyl groups is 1. The fraction of sp³-hybridized carbons (Fsp3) is 0.741. The van der Waals surface area contributed by atoms with E-state index in [4.69, 9.17) is 9.47 Å². The van der Waals surface area contributed by atoms with Gasteiger partial charge in [-0.1, -0.05) is 20.3 Å². The summed E-state index contributed by atoms with van der Waals surface area (Å²) in [6.45, 7) is 6.26. The predicted octanol–water partition coefficient (Wildman–Crippen LogP) is 3.31. The van der Waals surface area contributed by atoms with E-state index in [2.05, 4.69) is 10.2 Å². The van der Waals surface area contributed by atoms with E-state index in [1.54, 1.807) is 13.2 Å². The van der Waals surface area contributed by atoms with Crippen molar-refractivity contribution in [1.29, 1.82) is 0 Å². The second kappa shape index (κ2) is 8.02. The smallest absolute Gasteiger partial charge is 0.320 e. The van der Waals surface area contributed by atoms with Crippen molar-refractivity contribution in [2.75, 3.05) is 20.2 Å². The van der Waals surface area contributed by atoms with Crippen LogP contribution in [0.5, 0.6) is 17.2 Å². The van der Waals surface area contributed by atoms with Crippen molar-refractivity contribution in [3.63, 3.8) is 0 Å². The quantitative estimate of drug-likeness (QED) is 0.537. The monoisotopic (exact) mass is 470 g/mol. The summed E-state index contributed by atoms with van der Waals surface area (Å²) in [6.07, 6.45) is 7.19. The fourth-order valence-corrected chi connectivity index (χ4v) is 7.83. The molecule has 1 spiro atoms. The summed E-state index contributed by atoms with van der Waals surface area (Å²) in [5.74, 6) is 2.05. The number of carboxylic acids is 1. The van der Waals surface area contributed by atoms with Gasteiger partial charge in [-0.25, -0.2) is 0 Å². The molecule has 0 unspecified atom stereocenters. The van der Waals surface area contributed by atoms with E-state index in [0.717, 1.165) is 55.9 Å². The predicted molar refractivity (Wildman–Crippen MR) is 128 cm³/mol. The maximum atomic E-state index is 12.1. The molecule has 2 saturated carbocycles. The fourth-order valence-electron chi connectivity index (χ4n) is 7.83. The van der Waals surface area contributed by atoms with Crippen LogP contribution in [0.4, 0.5) is 0 Å². The topological polar surface area (TPSA) is 91.3 Å². The average molecular weight is 471 g/mol. The van der Waals surface area contributed by atoms with E-state index in [0.29, 0.717) is 17.7 Å². The molecule has 3 aliphatic carbocycles. The first-order valence-electron chi connectivity index (χ1n) is 13.2. The number of hydrogen-bond acceptors (Lipinski definition) is 6. The minimum Gasteiger partial charge on any atom is -0.504 e. The Labute approximate surface area is 201 Å². The van der Waals surface area contributed by atoms with Crippen molar-refractivity contribution in [1.82, 2.24) is 10.2 Å². The molecule has 0 radical (unpaired) electrons. The highest BCUT2D eigenvalue weighted by molar-refractivity contribution is 5.74. The van der Waals surface area contributed by atoms with Gasteiger partial charge in [-0.05, 0) is 62.8 Å². The number of nitrogens with zero attached hydrogens (tertiary/aromatic N) is 1. The number of methoxy groups -OCH3 is 1. The summed E-state index contributed by atoms with van der Waals surface area (Å²) in [7, 11) is 1.68. The molecule has 34 heavy (non-hydrogen) atoms. The van der Waals surface area contributed by atoms with Gasteiger partial charge in [0.1, 0.15) is 17.9 Å². The molecular weight excluding hydrogens is 432 g/mol. The van der Waals surface area contributed by atoms with Gasteiger partial charge in [0.2, 0.25) is 0 Å². The highest BCUT2D eigenvalue weighted by Crippen LogP contribution is 2.65. The Hall–Kier alpha value is -1.99. The Morgan fingerprint density at radius 2 is 2.15 bits per heavy atom. The molecule has 3 fully saturated rings. The van der Waals surface area contributed by atoms with Crippen LogP contribution in [0.25, 0.3) is 0 Å². The molecular formula is C27H38N2O5. The largest absolute Gasteiger partial charge is 0.504 e. The lowest BCUT2D eigenvalue weighted by atomic mass is 9.51. The molecule has 3 N–H and O–H groups in total. The van der Waals surface area contributed by atoms with Crippen molar-refractivity contribution >= 4 is 5.97 Å².